The molecular formula is C13H18N2S. The zero-order valence-corrected chi connectivity index (χ0v) is 11.0. The Balaban J connectivity index is 2.75. The summed E-state index contributed by atoms with van der Waals surface area (Å²) in [5.74, 6) is 1.09. The van der Waals surface area contributed by atoms with Crippen molar-refractivity contribution < 1.29 is 0 Å². The van der Waals surface area contributed by atoms with Gasteiger partial charge in [0.2, 0.25) is 0 Å². The van der Waals surface area contributed by atoms with Gasteiger partial charge in [-0.2, -0.15) is 5.26 Å². The molecule has 0 bridgehead atoms. The monoisotopic (exact) mass is 234 g/mol. The highest BCUT2D eigenvalue weighted by atomic mass is 32.2. The van der Waals surface area contributed by atoms with Crippen LogP contribution in [-0.4, -0.2) is 10.7 Å². The third kappa shape index (κ3) is 3.53. The molecule has 0 aliphatic carbocycles. The van der Waals surface area contributed by atoms with Crippen LogP contribution in [0.1, 0.15) is 43.1 Å². The molecule has 86 valence electrons. The van der Waals surface area contributed by atoms with Crippen LogP contribution in [0.4, 0.5) is 0 Å². The Morgan fingerprint density at radius 2 is 2.12 bits per heavy atom. The minimum atomic E-state index is 0.743. The SMILES string of the molecule is CCCCCSc1cc(C)nc(C)c1C#N. The van der Waals surface area contributed by atoms with Gasteiger partial charge >= 0.3 is 0 Å². The van der Waals surface area contributed by atoms with Crippen LogP contribution in [0.25, 0.3) is 0 Å². The predicted molar refractivity (Wildman–Crippen MR) is 68.7 cm³/mol. The largest absolute Gasteiger partial charge is 0.257 e. The molecule has 3 heteroatoms. The lowest BCUT2D eigenvalue weighted by Gasteiger charge is -2.07. The van der Waals surface area contributed by atoms with E-state index in [-0.39, 0.29) is 0 Å². The van der Waals surface area contributed by atoms with Gasteiger partial charge in [-0.05, 0) is 32.1 Å². The second-order valence-corrected chi connectivity index (χ2v) is 5.03. The highest BCUT2D eigenvalue weighted by molar-refractivity contribution is 7.99. The fraction of sp³-hybridized carbons (Fsp3) is 0.538. The molecule has 0 saturated carbocycles. The Bertz CT molecular complexity index is 394. The van der Waals surface area contributed by atoms with Gasteiger partial charge in [-0.25, -0.2) is 0 Å². The number of thioether (sulfide) groups is 1. The van der Waals surface area contributed by atoms with Crippen LogP contribution in [0.15, 0.2) is 11.0 Å². The Labute approximate surface area is 102 Å². The molecule has 0 aliphatic heterocycles. The van der Waals surface area contributed by atoms with Gasteiger partial charge in [0.15, 0.2) is 0 Å². The summed E-state index contributed by atoms with van der Waals surface area (Å²) in [6.45, 7) is 6.08. The first-order valence-corrected chi connectivity index (χ1v) is 6.68. The summed E-state index contributed by atoms with van der Waals surface area (Å²) in [4.78, 5) is 5.40. The quantitative estimate of drug-likeness (QED) is 0.573. The van der Waals surface area contributed by atoms with E-state index < -0.39 is 0 Å². The summed E-state index contributed by atoms with van der Waals surface area (Å²) in [6.07, 6.45) is 3.71. The van der Waals surface area contributed by atoms with Crippen LogP contribution in [0, 0.1) is 25.2 Å². The van der Waals surface area contributed by atoms with Gasteiger partial charge in [0.25, 0.3) is 0 Å². The second-order valence-electron chi connectivity index (χ2n) is 3.89. The molecule has 0 unspecified atom stereocenters. The van der Waals surface area contributed by atoms with E-state index in [9.17, 15) is 0 Å². The van der Waals surface area contributed by atoms with Crippen LogP contribution in [-0.2, 0) is 0 Å². The molecule has 0 N–H and O–H groups in total. The average Bonchev–Trinajstić information content (AvgIpc) is 2.24. The Kier molecular flexibility index (Phi) is 5.34. The molecule has 16 heavy (non-hydrogen) atoms. The molecule has 0 amide bonds. The van der Waals surface area contributed by atoms with Crippen molar-refractivity contribution in [2.45, 2.75) is 44.9 Å². The lowest BCUT2D eigenvalue weighted by Crippen LogP contribution is -1.94. The van der Waals surface area contributed by atoms with Crippen molar-refractivity contribution in [3.8, 4) is 6.07 Å². The van der Waals surface area contributed by atoms with E-state index in [0.717, 1.165) is 27.6 Å². The van der Waals surface area contributed by atoms with Gasteiger partial charge in [0.05, 0.1) is 11.3 Å². The van der Waals surface area contributed by atoms with Crippen molar-refractivity contribution in [2.75, 3.05) is 5.75 Å². The number of unbranched alkanes of at least 4 members (excludes halogenated alkanes) is 2. The molecule has 0 saturated heterocycles. The van der Waals surface area contributed by atoms with Crippen LogP contribution < -0.4 is 0 Å². The molecule has 0 fully saturated rings. The summed E-state index contributed by atoms with van der Waals surface area (Å²) >= 11 is 1.78. The molecule has 0 atom stereocenters. The van der Waals surface area contributed by atoms with Crippen LogP contribution in [0.2, 0.25) is 0 Å². The lowest BCUT2D eigenvalue weighted by molar-refractivity contribution is 0.778. The lowest BCUT2D eigenvalue weighted by atomic mass is 10.2. The maximum Gasteiger partial charge on any atom is 0.102 e. The van der Waals surface area contributed by atoms with Gasteiger partial charge in [-0.15, -0.1) is 11.8 Å². The fourth-order valence-corrected chi connectivity index (χ4v) is 2.74. The Hall–Kier alpha value is -1.01. The second kappa shape index (κ2) is 6.55. The van der Waals surface area contributed by atoms with E-state index in [4.69, 9.17) is 5.26 Å². The maximum absolute atomic E-state index is 9.09. The van der Waals surface area contributed by atoms with Gasteiger partial charge in [-0.3, -0.25) is 4.98 Å². The number of aryl methyl sites for hydroxylation is 2. The Morgan fingerprint density at radius 1 is 1.38 bits per heavy atom. The van der Waals surface area contributed by atoms with Gasteiger partial charge in [0, 0.05) is 10.6 Å². The van der Waals surface area contributed by atoms with Gasteiger partial charge in [-0.1, -0.05) is 19.8 Å². The van der Waals surface area contributed by atoms with E-state index >= 15 is 0 Å². The van der Waals surface area contributed by atoms with Crippen molar-refractivity contribution in [3.63, 3.8) is 0 Å². The number of hydrogen-bond donors (Lipinski definition) is 0. The minimum absolute atomic E-state index is 0.743. The normalized spacial score (nSPS) is 10.1. The topological polar surface area (TPSA) is 36.7 Å². The average molecular weight is 234 g/mol. The van der Waals surface area contributed by atoms with Crippen LogP contribution in [0.5, 0.6) is 0 Å². The molecule has 0 radical (unpaired) electrons. The highest BCUT2D eigenvalue weighted by Gasteiger charge is 2.07. The highest BCUT2D eigenvalue weighted by Crippen LogP contribution is 2.25. The molecule has 0 aromatic carbocycles. The van der Waals surface area contributed by atoms with Crippen molar-refractivity contribution in [2.24, 2.45) is 0 Å². The third-order valence-corrected chi connectivity index (χ3v) is 3.54. The van der Waals surface area contributed by atoms with Gasteiger partial charge in [0.1, 0.15) is 6.07 Å². The predicted octanol–water partition coefficient (Wildman–Crippen LogP) is 3.85. The third-order valence-electron chi connectivity index (χ3n) is 2.41. The zero-order valence-electron chi connectivity index (χ0n) is 10.2. The number of aromatic nitrogens is 1. The van der Waals surface area contributed by atoms with E-state index in [2.05, 4.69) is 18.0 Å². The first-order valence-electron chi connectivity index (χ1n) is 5.70. The standard InChI is InChI=1S/C13H18N2S/c1-4-5-6-7-16-13-8-10(2)15-11(3)12(13)9-14/h8H,4-7H2,1-3H3. The summed E-state index contributed by atoms with van der Waals surface area (Å²) in [7, 11) is 0. The molecule has 2 nitrogen and oxygen atoms in total. The first kappa shape index (κ1) is 13.1. The van der Waals surface area contributed by atoms with Crippen molar-refractivity contribution in [1.82, 2.24) is 4.98 Å². The first-order chi connectivity index (χ1) is 7.69. The number of rotatable bonds is 5. The summed E-state index contributed by atoms with van der Waals surface area (Å²) in [5, 5.41) is 9.09. The molecule has 0 aliphatic rings. The molecule has 0 spiro atoms. The van der Waals surface area contributed by atoms with Gasteiger partial charge < -0.3 is 0 Å². The number of nitrogens with zero attached hydrogens (tertiary/aromatic N) is 2. The van der Waals surface area contributed by atoms with E-state index in [1.165, 1.54) is 19.3 Å². The van der Waals surface area contributed by atoms with Crippen LogP contribution in [0.3, 0.4) is 0 Å². The molecule has 1 rings (SSSR count). The molecular weight excluding hydrogens is 216 g/mol. The maximum atomic E-state index is 9.09. The summed E-state index contributed by atoms with van der Waals surface area (Å²) < 4.78 is 0. The Morgan fingerprint density at radius 3 is 2.75 bits per heavy atom. The smallest absolute Gasteiger partial charge is 0.102 e. The molecule has 1 aromatic rings. The van der Waals surface area contributed by atoms with Crippen molar-refractivity contribution in [3.05, 3.63) is 23.0 Å². The van der Waals surface area contributed by atoms with E-state index in [1.54, 1.807) is 11.8 Å². The van der Waals surface area contributed by atoms with Crippen molar-refractivity contribution in [1.29, 1.82) is 5.26 Å². The molecule has 1 heterocycles. The molecule has 1 aromatic heterocycles. The number of hydrogen-bond acceptors (Lipinski definition) is 3. The number of nitriles is 1. The number of pyridine rings is 1. The van der Waals surface area contributed by atoms with E-state index in [1.807, 2.05) is 19.9 Å². The fourth-order valence-electron chi connectivity index (χ4n) is 1.58. The zero-order chi connectivity index (χ0) is 12.0. The minimum Gasteiger partial charge on any atom is -0.257 e. The van der Waals surface area contributed by atoms with Crippen molar-refractivity contribution >= 4 is 11.8 Å². The summed E-state index contributed by atoms with van der Waals surface area (Å²) in [5.41, 5.74) is 2.59. The van der Waals surface area contributed by atoms with Crippen LogP contribution >= 0.6 is 11.8 Å². The van der Waals surface area contributed by atoms with E-state index in [0.29, 0.717) is 0 Å². The summed E-state index contributed by atoms with van der Waals surface area (Å²) in [6, 6.07) is 4.26.